The van der Waals surface area contributed by atoms with E-state index in [0.717, 1.165) is 0 Å². The Labute approximate surface area is 172 Å². The minimum atomic E-state index is -0.874. The second kappa shape index (κ2) is 8.83. The third kappa shape index (κ3) is 4.27. The van der Waals surface area contributed by atoms with Crippen LogP contribution in [0, 0.1) is 0 Å². The molecular formula is C20H19ClN2O6. The van der Waals surface area contributed by atoms with Crippen LogP contribution < -0.4 is 14.8 Å². The summed E-state index contributed by atoms with van der Waals surface area (Å²) in [6.07, 6.45) is -0.674. The summed E-state index contributed by atoms with van der Waals surface area (Å²) in [6, 6.07) is 9.82. The van der Waals surface area contributed by atoms with E-state index in [2.05, 4.69) is 10.5 Å². The van der Waals surface area contributed by atoms with Gasteiger partial charge < -0.3 is 24.4 Å². The lowest BCUT2D eigenvalue weighted by molar-refractivity contribution is -0.125. The fraction of sp³-hybridized carbons (Fsp3) is 0.250. The highest BCUT2D eigenvalue weighted by atomic mass is 35.5. The summed E-state index contributed by atoms with van der Waals surface area (Å²) in [7, 11) is 4.29. The van der Waals surface area contributed by atoms with Gasteiger partial charge in [0.15, 0.2) is 0 Å². The van der Waals surface area contributed by atoms with Crippen molar-refractivity contribution in [3.63, 3.8) is 0 Å². The summed E-state index contributed by atoms with van der Waals surface area (Å²) in [6.45, 7) is 0. The Bertz CT molecular complexity index is 975. The zero-order chi connectivity index (χ0) is 21.0. The molecule has 0 aromatic heterocycles. The van der Waals surface area contributed by atoms with Crippen LogP contribution in [0.5, 0.6) is 11.5 Å². The van der Waals surface area contributed by atoms with Gasteiger partial charge >= 0.3 is 5.97 Å². The van der Waals surface area contributed by atoms with E-state index in [4.69, 9.17) is 30.6 Å². The summed E-state index contributed by atoms with van der Waals surface area (Å²) in [5, 5.41) is 7.08. The minimum absolute atomic E-state index is 0.200. The lowest BCUT2D eigenvalue weighted by Gasteiger charge is -2.13. The predicted molar refractivity (Wildman–Crippen MR) is 107 cm³/mol. The molecule has 1 heterocycles. The number of nitrogens with one attached hydrogen (secondary N) is 1. The summed E-state index contributed by atoms with van der Waals surface area (Å²) in [5.74, 6) is -0.0485. The molecule has 1 atom stereocenters. The van der Waals surface area contributed by atoms with Crippen molar-refractivity contribution >= 4 is 34.9 Å². The maximum Gasteiger partial charge on any atom is 0.339 e. The Morgan fingerprint density at radius 1 is 1.14 bits per heavy atom. The minimum Gasteiger partial charge on any atom is -0.496 e. The molecule has 0 fully saturated rings. The summed E-state index contributed by atoms with van der Waals surface area (Å²) < 4.78 is 15.3. The summed E-state index contributed by atoms with van der Waals surface area (Å²) in [5.41, 5.74) is 1.67. The maximum atomic E-state index is 12.6. The molecule has 0 saturated heterocycles. The number of para-hydroxylation sites is 1. The Balaban J connectivity index is 1.76. The highest BCUT2D eigenvalue weighted by Gasteiger charge is 2.31. The molecule has 29 heavy (non-hydrogen) atoms. The number of ether oxygens (including phenoxy) is 3. The topological polar surface area (TPSA) is 95.5 Å². The number of esters is 1. The number of benzene rings is 2. The van der Waals surface area contributed by atoms with Crippen LogP contribution in [0.4, 0.5) is 5.69 Å². The second-order valence-corrected chi connectivity index (χ2v) is 6.46. The number of nitrogens with zero attached hydrogens (tertiary/aromatic N) is 1. The van der Waals surface area contributed by atoms with Crippen LogP contribution in [-0.4, -0.2) is 45.0 Å². The van der Waals surface area contributed by atoms with Gasteiger partial charge in [-0.25, -0.2) is 4.79 Å². The van der Waals surface area contributed by atoms with Crippen molar-refractivity contribution in [3.8, 4) is 11.5 Å². The summed E-state index contributed by atoms with van der Waals surface area (Å²) in [4.78, 5) is 29.8. The number of methoxy groups -OCH3 is 3. The molecule has 3 rings (SSSR count). The van der Waals surface area contributed by atoms with Gasteiger partial charge in [-0.2, -0.15) is 0 Å². The van der Waals surface area contributed by atoms with Gasteiger partial charge in [-0.3, -0.25) is 4.79 Å². The number of hydrogen-bond acceptors (Lipinski definition) is 7. The fourth-order valence-electron chi connectivity index (χ4n) is 2.86. The van der Waals surface area contributed by atoms with Crippen molar-refractivity contribution in [2.75, 3.05) is 26.6 Å². The van der Waals surface area contributed by atoms with Crippen molar-refractivity contribution in [1.29, 1.82) is 0 Å². The number of anilines is 1. The molecule has 1 aliphatic rings. The van der Waals surface area contributed by atoms with Crippen LogP contribution in [0.3, 0.4) is 0 Å². The fourth-order valence-corrected chi connectivity index (χ4v) is 3.10. The van der Waals surface area contributed by atoms with Crippen LogP contribution in [-0.2, 0) is 14.4 Å². The van der Waals surface area contributed by atoms with Gasteiger partial charge in [0.2, 0.25) is 6.10 Å². The van der Waals surface area contributed by atoms with Gasteiger partial charge in [0.25, 0.3) is 5.91 Å². The number of oxime groups is 1. The first kappa shape index (κ1) is 20.5. The third-order valence-corrected chi connectivity index (χ3v) is 4.63. The van der Waals surface area contributed by atoms with Crippen molar-refractivity contribution in [2.45, 2.75) is 12.5 Å². The monoisotopic (exact) mass is 418 g/mol. The average Bonchev–Trinajstić information content (AvgIpc) is 3.23. The van der Waals surface area contributed by atoms with E-state index in [1.54, 1.807) is 36.4 Å². The number of amides is 1. The SMILES string of the molecule is COC(=O)c1ccccc1NC(=O)C1CC(c2cc(Cl)c(OC)cc2OC)=NO1. The molecule has 0 aliphatic carbocycles. The molecule has 0 bridgehead atoms. The molecule has 1 amide bonds. The first-order valence-corrected chi connectivity index (χ1v) is 8.99. The Kier molecular flexibility index (Phi) is 6.23. The van der Waals surface area contributed by atoms with Crippen LogP contribution in [0.15, 0.2) is 41.6 Å². The predicted octanol–water partition coefficient (Wildman–Crippen LogP) is 3.28. The van der Waals surface area contributed by atoms with Crippen LogP contribution in [0.2, 0.25) is 5.02 Å². The van der Waals surface area contributed by atoms with Crippen LogP contribution in [0.1, 0.15) is 22.3 Å². The zero-order valence-corrected chi connectivity index (χ0v) is 16.8. The number of carbonyl (C=O) groups is 2. The molecule has 8 nitrogen and oxygen atoms in total. The average molecular weight is 419 g/mol. The van der Waals surface area contributed by atoms with Crippen molar-refractivity contribution < 1.29 is 28.6 Å². The van der Waals surface area contributed by atoms with Gasteiger partial charge in [-0.05, 0) is 18.2 Å². The van der Waals surface area contributed by atoms with E-state index < -0.39 is 18.0 Å². The van der Waals surface area contributed by atoms with Gasteiger partial charge in [0.05, 0.1) is 43.3 Å². The highest BCUT2D eigenvalue weighted by Crippen LogP contribution is 2.35. The summed E-state index contributed by atoms with van der Waals surface area (Å²) >= 11 is 6.20. The van der Waals surface area contributed by atoms with Gasteiger partial charge in [0.1, 0.15) is 11.5 Å². The molecule has 0 saturated carbocycles. The molecule has 2 aromatic rings. The highest BCUT2D eigenvalue weighted by molar-refractivity contribution is 6.32. The zero-order valence-electron chi connectivity index (χ0n) is 16.0. The van der Waals surface area contributed by atoms with E-state index in [-0.39, 0.29) is 12.0 Å². The molecule has 152 valence electrons. The number of carbonyl (C=O) groups excluding carboxylic acids is 2. The standard InChI is InChI=1S/C20H19ClN2O6/c1-26-16-10-17(27-2)13(21)8-12(16)15-9-18(29-23-15)19(24)22-14-7-5-4-6-11(14)20(25)28-3/h4-8,10,18H,9H2,1-3H3,(H,22,24). The van der Waals surface area contributed by atoms with Gasteiger partial charge in [0, 0.05) is 18.1 Å². The van der Waals surface area contributed by atoms with E-state index >= 15 is 0 Å². The Hall–Kier alpha value is -3.26. The molecule has 0 radical (unpaired) electrons. The number of rotatable bonds is 6. The molecule has 1 aliphatic heterocycles. The second-order valence-electron chi connectivity index (χ2n) is 6.05. The molecule has 1 unspecified atom stereocenters. The Morgan fingerprint density at radius 2 is 1.86 bits per heavy atom. The smallest absolute Gasteiger partial charge is 0.339 e. The maximum absolute atomic E-state index is 12.6. The normalized spacial score (nSPS) is 15.2. The van der Waals surface area contributed by atoms with E-state index in [1.807, 2.05) is 0 Å². The first-order valence-electron chi connectivity index (χ1n) is 8.61. The van der Waals surface area contributed by atoms with E-state index in [9.17, 15) is 9.59 Å². The van der Waals surface area contributed by atoms with E-state index in [1.165, 1.54) is 21.3 Å². The number of halogens is 1. The molecular weight excluding hydrogens is 400 g/mol. The van der Waals surface area contributed by atoms with Crippen molar-refractivity contribution in [1.82, 2.24) is 0 Å². The third-order valence-electron chi connectivity index (χ3n) is 4.34. The molecule has 0 spiro atoms. The van der Waals surface area contributed by atoms with E-state index in [0.29, 0.717) is 33.5 Å². The van der Waals surface area contributed by atoms with Crippen molar-refractivity contribution in [3.05, 3.63) is 52.5 Å². The van der Waals surface area contributed by atoms with Gasteiger partial charge in [-0.15, -0.1) is 0 Å². The lowest BCUT2D eigenvalue weighted by atomic mass is 10.0. The first-order chi connectivity index (χ1) is 14.0. The quantitative estimate of drug-likeness (QED) is 0.723. The Morgan fingerprint density at radius 3 is 2.55 bits per heavy atom. The van der Waals surface area contributed by atoms with Crippen LogP contribution >= 0.6 is 11.6 Å². The molecule has 1 N–H and O–H groups in total. The number of hydrogen-bond donors (Lipinski definition) is 1. The molecule has 9 heteroatoms. The lowest BCUT2D eigenvalue weighted by Crippen LogP contribution is -2.28. The van der Waals surface area contributed by atoms with Gasteiger partial charge in [-0.1, -0.05) is 28.9 Å². The van der Waals surface area contributed by atoms with Crippen molar-refractivity contribution in [2.24, 2.45) is 5.16 Å². The largest absolute Gasteiger partial charge is 0.496 e. The molecule has 2 aromatic carbocycles. The van der Waals surface area contributed by atoms with Crippen LogP contribution in [0.25, 0.3) is 0 Å².